The summed E-state index contributed by atoms with van der Waals surface area (Å²) in [6.45, 7) is 12.9. The standard InChI is InChI=1S/C17H25Si5/c1-19(18)20(21(2,3)16-12-8-6-9-13-16)22(4,5)17-14-10-7-11-15-17/h6-15H,1-5H3. The molecule has 0 aliphatic carbocycles. The minimum Gasteiger partial charge on any atom is -0.0762 e. The summed E-state index contributed by atoms with van der Waals surface area (Å²) >= 11 is 0. The zero-order valence-electron chi connectivity index (χ0n) is 14.3. The van der Waals surface area contributed by atoms with Gasteiger partial charge in [-0.3, -0.25) is 0 Å². The molecule has 0 aliphatic rings. The number of hydrogen-bond acceptors (Lipinski definition) is 0. The fraction of sp³-hybridized carbons (Fsp3) is 0.294. The zero-order valence-corrected chi connectivity index (χ0v) is 19.3. The summed E-state index contributed by atoms with van der Waals surface area (Å²) in [6, 6.07) is 22.7. The average Bonchev–Trinajstić information content (AvgIpc) is 2.48. The van der Waals surface area contributed by atoms with E-state index in [1.54, 1.807) is 10.4 Å². The molecule has 0 atom stereocenters. The van der Waals surface area contributed by atoms with Gasteiger partial charge < -0.3 is 0 Å². The molecule has 2 rings (SSSR count). The monoisotopic (exact) mass is 369 g/mol. The molecular formula is C17H25Si5. The van der Waals surface area contributed by atoms with Gasteiger partial charge in [0, 0.05) is 24.9 Å². The van der Waals surface area contributed by atoms with Gasteiger partial charge in [-0.2, -0.15) is 0 Å². The molecule has 0 aliphatic heterocycles. The van der Waals surface area contributed by atoms with Crippen molar-refractivity contribution < 1.29 is 0 Å². The molecule has 0 fully saturated rings. The van der Waals surface area contributed by atoms with Gasteiger partial charge >= 0.3 is 0 Å². The minimum absolute atomic E-state index is 0.425. The SMILES string of the molecule is C[Si]([Si])[Si]([Si](C)(C)c1ccccc1)[Si](C)(C)c1ccccc1. The lowest BCUT2D eigenvalue weighted by atomic mass is 10.4. The fourth-order valence-electron chi connectivity index (χ4n) is 3.72. The van der Waals surface area contributed by atoms with Crippen molar-refractivity contribution in [3.63, 3.8) is 0 Å². The second-order valence-electron chi connectivity index (χ2n) is 6.98. The molecule has 0 spiro atoms. The molecule has 0 N–H and O–H groups in total. The van der Waals surface area contributed by atoms with Crippen molar-refractivity contribution in [3.05, 3.63) is 60.7 Å². The van der Waals surface area contributed by atoms with Crippen molar-refractivity contribution in [1.29, 1.82) is 0 Å². The van der Waals surface area contributed by atoms with E-state index >= 15 is 0 Å². The van der Waals surface area contributed by atoms with Gasteiger partial charge in [-0.05, 0) is 0 Å². The second kappa shape index (κ2) is 6.96. The Kier molecular flexibility index (Phi) is 5.66. The van der Waals surface area contributed by atoms with Crippen molar-refractivity contribution in [3.8, 4) is 0 Å². The van der Waals surface area contributed by atoms with E-state index in [4.69, 9.17) is 0 Å². The molecule has 0 bridgehead atoms. The van der Waals surface area contributed by atoms with Crippen LogP contribution < -0.4 is 10.4 Å². The first-order valence-corrected chi connectivity index (χ1v) is 21.8. The van der Waals surface area contributed by atoms with Gasteiger partial charge in [-0.25, -0.2) is 0 Å². The molecule has 113 valence electrons. The summed E-state index contributed by atoms with van der Waals surface area (Å²) in [4.78, 5) is 0. The lowest BCUT2D eigenvalue weighted by Gasteiger charge is -2.44. The first kappa shape index (κ1) is 17.9. The van der Waals surface area contributed by atoms with Crippen molar-refractivity contribution in [1.82, 2.24) is 0 Å². The van der Waals surface area contributed by atoms with Gasteiger partial charge in [-0.15, -0.1) is 0 Å². The van der Waals surface area contributed by atoms with Crippen molar-refractivity contribution >= 4 is 50.5 Å². The smallest absolute Gasteiger partial charge is 0.0663 e. The largest absolute Gasteiger partial charge is 0.0762 e. The first-order chi connectivity index (χ1) is 10.3. The van der Waals surface area contributed by atoms with Crippen LogP contribution in [0.15, 0.2) is 60.7 Å². The summed E-state index contributed by atoms with van der Waals surface area (Å²) in [7, 11) is 0.445. The Morgan fingerprint density at radius 1 is 0.682 bits per heavy atom. The number of hydrogen-bond donors (Lipinski definition) is 0. The molecular weight excluding hydrogens is 345 g/mol. The summed E-state index contributed by atoms with van der Waals surface area (Å²) in [6.07, 6.45) is 0. The Bertz CT molecular complexity index is 541. The van der Waals surface area contributed by atoms with Gasteiger partial charge in [0.25, 0.3) is 0 Å². The molecule has 5 heteroatoms. The molecule has 0 unspecified atom stereocenters. The highest BCUT2D eigenvalue weighted by molar-refractivity contribution is 7.86. The molecule has 2 aromatic carbocycles. The van der Waals surface area contributed by atoms with Crippen LogP contribution in [-0.4, -0.2) is 40.1 Å². The van der Waals surface area contributed by atoms with Crippen LogP contribution >= 0.6 is 0 Å². The van der Waals surface area contributed by atoms with Gasteiger partial charge in [0.15, 0.2) is 0 Å². The summed E-state index contributed by atoms with van der Waals surface area (Å²) in [5, 5.41) is 3.28. The highest BCUT2D eigenvalue weighted by Gasteiger charge is 2.48. The Morgan fingerprint density at radius 2 is 1.00 bits per heavy atom. The summed E-state index contributed by atoms with van der Waals surface area (Å²) in [5.41, 5.74) is 0. The van der Waals surface area contributed by atoms with Crippen molar-refractivity contribution in [2.75, 3.05) is 0 Å². The predicted octanol–water partition coefficient (Wildman–Crippen LogP) is 2.74. The Balaban J connectivity index is 2.51. The Labute approximate surface area is 143 Å². The minimum atomic E-state index is -1.43. The van der Waals surface area contributed by atoms with E-state index in [2.05, 4.69) is 103 Å². The fourth-order valence-corrected chi connectivity index (χ4v) is 75.8. The topological polar surface area (TPSA) is 0 Å². The molecule has 2 aromatic rings. The Hall–Kier alpha value is -0.476. The van der Waals surface area contributed by atoms with Crippen LogP contribution in [0, 0.1) is 0 Å². The zero-order chi connectivity index (χ0) is 16.4. The van der Waals surface area contributed by atoms with Crippen LogP contribution in [0.1, 0.15) is 0 Å². The van der Waals surface area contributed by atoms with Crippen LogP contribution in [-0.2, 0) is 0 Å². The van der Waals surface area contributed by atoms with Gasteiger partial charge in [0.05, 0.1) is 15.2 Å². The molecule has 0 aromatic heterocycles. The maximum Gasteiger partial charge on any atom is 0.0663 e. The van der Waals surface area contributed by atoms with Gasteiger partial charge in [-0.1, -0.05) is 104 Å². The summed E-state index contributed by atoms with van der Waals surface area (Å²) in [5.74, 6) is 0. The van der Waals surface area contributed by atoms with E-state index in [0.717, 1.165) is 0 Å². The molecule has 5 radical (unpaired) electrons. The molecule has 0 saturated heterocycles. The van der Waals surface area contributed by atoms with E-state index in [0.29, 0.717) is 0 Å². The van der Waals surface area contributed by atoms with Crippen LogP contribution in [0.3, 0.4) is 0 Å². The lowest BCUT2D eigenvalue weighted by molar-refractivity contribution is 1.72. The van der Waals surface area contributed by atoms with Crippen LogP contribution in [0.5, 0.6) is 0 Å². The Morgan fingerprint density at radius 3 is 1.27 bits per heavy atom. The summed E-state index contributed by atoms with van der Waals surface area (Å²) < 4.78 is 0. The second-order valence-corrected chi connectivity index (χ2v) is 39.1. The highest BCUT2D eigenvalue weighted by Crippen LogP contribution is 2.20. The number of benzene rings is 2. The maximum absolute atomic E-state index is 4.18. The quantitative estimate of drug-likeness (QED) is 0.711. The van der Waals surface area contributed by atoms with Crippen molar-refractivity contribution in [2.24, 2.45) is 0 Å². The van der Waals surface area contributed by atoms with Crippen LogP contribution in [0.25, 0.3) is 0 Å². The molecule has 0 amide bonds. The third kappa shape index (κ3) is 3.54. The first-order valence-electron chi connectivity index (χ1n) is 7.82. The number of rotatable bonds is 5. The van der Waals surface area contributed by atoms with Crippen LogP contribution in [0.4, 0.5) is 0 Å². The highest BCUT2D eigenvalue weighted by atomic mass is 30.0. The van der Waals surface area contributed by atoms with Gasteiger partial charge in [0.2, 0.25) is 0 Å². The van der Waals surface area contributed by atoms with E-state index in [-0.39, 0.29) is 0 Å². The van der Waals surface area contributed by atoms with E-state index in [1.807, 2.05) is 0 Å². The lowest BCUT2D eigenvalue weighted by Crippen LogP contribution is -2.76. The third-order valence-corrected chi connectivity index (χ3v) is 58.9. The average molecular weight is 370 g/mol. The van der Waals surface area contributed by atoms with Crippen LogP contribution in [0.2, 0.25) is 32.7 Å². The van der Waals surface area contributed by atoms with Gasteiger partial charge in [0.1, 0.15) is 0 Å². The molecule has 0 heterocycles. The van der Waals surface area contributed by atoms with E-state index < -0.39 is 30.4 Å². The molecule has 0 saturated carbocycles. The predicted molar refractivity (Wildman–Crippen MR) is 110 cm³/mol. The van der Waals surface area contributed by atoms with E-state index in [1.165, 1.54) is 0 Å². The molecule has 22 heavy (non-hydrogen) atoms. The van der Waals surface area contributed by atoms with E-state index in [9.17, 15) is 0 Å². The normalized spacial score (nSPS) is 12.9. The third-order valence-electron chi connectivity index (χ3n) is 4.62. The molecule has 0 nitrogen and oxygen atoms in total. The maximum atomic E-state index is 4.18. The van der Waals surface area contributed by atoms with Crippen molar-refractivity contribution in [2.45, 2.75) is 32.7 Å².